The van der Waals surface area contributed by atoms with Crippen LogP contribution in [0, 0.1) is 0 Å². The van der Waals surface area contributed by atoms with Gasteiger partial charge in [0.1, 0.15) is 11.7 Å². The fourth-order valence-corrected chi connectivity index (χ4v) is 3.18. The summed E-state index contributed by atoms with van der Waals surface area (Å²) < 4.78 is 16.7. The Labute approximate surface area is 171 Å². The van der Waals surface area contributed by atoms with Gasteiger partial charge in [-0.05, 0) is 38.3 Å². The maximum Gasteiger partial charge on any atom is 0.420 e. The molecule has 1 aliphatic heterocycles. The Morgan fingerprint density at radius 1 is 1.00 bits per heavy atom. The average molecular weight is 397 g/mol. The van der Waals surface area contributed by atoms with Crippen molar-refractivity contribution in [2.24, 2.45) is 0 Å². The first kappa shape index (κ1) is 20.9. The molecular formula is C23H27NO5. The highest BCUT2D eigenvalue weighted by atomic mass is 16.6. The molecule has 0 radical (unpaired) electrons. The number of nitrogens with zero attached hydrogens (tertiary/aromatic N) is 1. The van der Waals surface area contributed by atoms with Crippen LogP contribution in [0.1, 0.15) is 31.9 Å². The Kier molecular flexibility index (Phi) is 6.54. The van der Waals surface area contributed by atoms with Crippen molar-refractivity contribution < 1.29 is 23.8 Å². The lowest BCUT2D eigenvalue weighted by Gasteiger charge is -2.27. The van der Waals surface area contributed by atoms with Crippen LogP contribution in [0.15, 0.2) is 60.7 Å². The monoisotopic (exact) mass is 397 g/mol. The third kappa shape index (κ3) is 5.81. The van der Waals surface area contributed by atoms with Crippen molar-refractivity contribution in [3.05, 3.63) is 71.8 Å². The molecule has 1 saturated heterocycles. The molecule has 1 aliphatic rings. The van der Waals surface area contributed by atoms with Gasteiger partial charge in [-0.2, -0.15) is 0 Å². The SMILES string of the molecule is CC(C)(C)OC(=O)N1C(=O)O[C@H](COCc2ccccc2)[C@@H]1Cc1ccccc1. The van der Waals surface area contributed by atoms with E-state index in [0.29, 0.717) is 13.0 Å². The summed E-state index contributed by atoms with van der Waals surface area (Å²) in [6.07, 6.45) is -1.51. The Hall–Kier alpha value is -2.86. The Balaban J connectivity index is 1.73. The fraction of sp³-hybridized carbons (Fsp3) is 0.391. The quantitative estimate of drug-likeness (QED) is 0.714. The second-order valence-corrected chi connectivity index (χ2v) is 8.03. The van der Waals surface area contributed by atoms with Crippen molar-refractivity contribution in [3.8, 4) is 0 Å². The van der Waals surface area contributed by atoms with Gasteiger partial charge in [0.15, 0.2) is 0 Å². The van der Waals surface area contributed by atoms with Gasteiger partial charge in [-0.15, -0.1) is 0 Å². The fourth-order valence-electron chi connectivity index (χ4n) is 3.18. The van der Waals surface area contributed by atoms with Crippen LogP contribution in [-0.4, -0.2) is 41.4 Å². The molecule has 2 aromatic carbocycles. The van der Waals surface area contributed by atoms with E-state index in [2.05, 4.69) is 0 Å². The zero-order chi connectivity index (χ0) is 20.9. The lowest BCUT2D eigenvalue weighted by molar-refractivity contribution is 0.0194. The maximum absolute atomic E-state index is 12.7. The minimum atomic E-state index is -0.712. The summed E-state index contributed by atoms with van der Waals surface area (Å²) in [6, 6.07) is 18.9. The predicted octanol–water partition coefficient (Wildman–Crippen LogP) is 4.57. The number of amides is 2. The second-order valence-electron chi connectivity index (χ2n) is 8.03. The van der Waals surface area contributed by atoms with E-state index in [1.54, 1.807) is 20.8 Å². The van der Waals surface area contributed by atoms with Gasteiger partial charge in [0.25, 0.3) is 0 Å². The van der Waals surface area contributed by atoms with E-state index in [1.807, 2.05) is 60.7 Å². The third-order valence-electron chi connectivity index (χ3n) is 4.48. The number of cyclic esters (lactones) is 1. The molecule has 0 unspecified atom stereocenters. The third-order valence-corrected chi connectivity index (χ3v) is 4.48. The zero-order valence-electron chi connectivity index (χ0n) is 17.0. The highest BCUT2D eigenvalue weighted by Gasteiger charge is 2.47. The highest BCUT2D eigenvalue weighted by molar-refractivity contribution is 5.90. The molecule has 6 nitrogen and oxygen atoms in total. The van der Waals surface area contributed by atoms with Crippen LogP contribution in [0.3, 0.4) is 0 Å². The summed E-state index contributed by atoms with van der Waals surface area (Å²) in [4.78, 5) is 26.2. The molecule has 1 fully saturated rings. The molecule has 0 aromatic heterocycles. The molecule has 3 rings (SSSR count). The van der Waals surface area contributed by atoms with Gasteiger partial charge in [-0.3, -0.25) is 0 Å². The van der Waals surface area contributed by atoms with Crippen LogP contribution < -0.4 is 0 Å². The second kappa shape index (κ2) is 9.09. The van der Waals surface area contributed by atoms with E-state index in [0.717, 1.165) is 16.0 Å². The summed E-state index contributed by atoms with van der Waals surface area (Å²) in [5, 5.41) is 0. The molecule has 2 aromatic rings. The molecule has 0 aliphatic carbocycles. The van der Waals surface area contributed by atoms with Crippen LogP contribution in [0.5, 0.6) is 0 Å². The van der Waals surface area contributed by atoms with Crippen molar-refractivity contribution in [2.75, 3.05) is 6.61 Å². The van der Waals surface area contributed by atoms with Crippen molar-refractivity contribution in [1.29, 1.82) is 0 Å². The minimum Gasteiger partial charge on any atom is -0.443 e. The molecule has 2 atom stereocenters. The van der Waals surface area contributed by atoms with Crippen LogP contribution >= 0.6 is 0 Å². The van der Waals surface area contributed by atoms with Gasteiger partial charge >= 0.3 is 12.2 Å². The van der Waals surface area contributed by atoms with Gasteiger partial charge in [0, 0.05) is 0 Å². The lowest BCUT2D eigenvalue weighted by Crippen LogP contribution is -2.45. The first-order valence-corrected chi connectivity index (χ1v) is 9.72. The number of carbonyl (C=O) groups is 2. The van der Waals surface area contributed by atoms with Crippen molar-refractivity contribution in [1.82, 2.24) is 4.90 Å². The molecule has 1 heterocycles. The number of benzene rings is 2. The van der Waals surface area contributed by atoms with Crippen LogP contribution in [0.4, 0.5) is 9.59 Å². The Morgan fingerprint density at radius 3 is 2.17 bits per heavy atom. The zero-order valence-corrected chi connectivity index (χ0v) is 17.0. The lowest BCUT2D eigenvalue weighted by atomic mass is 10.0. The molecule has 6 heteroatoms. The van der Waals surface area contributed by atoms with Gasteiger partial charge < -0.3 is 14.2 Å². The van der Waals surface area contributed by atoms with E-state index >= 15 is 0 Å². The Bertz CT molecular complexity index is 816. The number of ether oxygens (including phenoxy) is 3. The molecule has 0 bridgehead atoms. The minimum absolute atomic E-state index is 0.192. The van der Waals surface area contributed by atoms with Crippen molar-refractivity contribution in [3.63, 3.8) is 0 Å². The van der Waals surface area contributed by atoms with E-state index in [-0.39, 0.29) is 6.61 Å². The smallest absolute Gasteiger partial charge is 0.420 e. The Morgan fingerprint density at radius 2 is 1.59 bits per heavy atom. The molecule has 0 spiro atoms. The molecule has 29 heavy (non-hydrogen) atoms. The van der Waals surface area contributed by atoms with E-state index in [4.69, 9.17) is 14.2 Å². The predicted molar refractivity (Wildman–Crippen MR) is 108 cm³/mol. The van der Waals surface area contributed by atoms with Gasteiger partial charge in [-0.1, -0.05) is 60.7 Å². The molecular weight excluding hydrogens is 370 g/mol. The van der Waals surface area contributed by atoms with Gasteiger partial charge in [-0.25, -0.2) is 14.5 Å². The number of hydrogen-bond donors (Lipinski definition) is 0. The number of rotatable bonds is 6. The topological polar surface area (TPSA) is 65.1 Å². The summed E-state index contributed by atoms with van der Waals surface area (Å²) in [5.74, 6) is 0. The normalized spacial score (nSPS) is 19.1. The molecule has 2 amide bonds. The molecule has 0 saturated carbocycles. The van der Waals surface area contributed by atoms with Gasteiger partial charge in [0.05, 0.1) is 19.3 Å². The van der Waals surface area contributed by atoms with E-state index < -0.39 is 29.9 Å². The van der Waals surface area contributed by atoms with E-state index in [1.165, 1.54) is 0 Å². The van der Waals surface area contributed by atoms with Crippen molar-refractivity contribution in [2.45, 2.75) is 51.5 Å². The maximum atomic E-state index is 12.7. The summed E-state index contributed by atoms with van der Waals surface area (Å²) >= 11 is 0. The summed E-state index contributed by atoms with van der Waals surface area (Å²) in [6.45, 7) is 5.88. The number of hydrogen-bond acceptors (Lipinski definition) is 5. The summed E-state index contributed by atoms with van der Waals surface area (Å²) in [5.41, 5.74) is 1.31. The summed E-state index contributed by atoms with van der Waals surface area (Å²) in [7, 11) is 0. The van der Waals surface area contributed by atoms with Crippen molar-refractivity contribution >= 4 is 12.2 Å². The van der Waals surface area contributed by atoms with Crippen LogP contribution in [0.2, 0.25) is 0 Å². The number of carbonyl (C=O) groups excluding carboxylic acids is 2. The average Bonchev–Trinajstić information content (AvgIpc) is 2.97. The van der Waals surface area contributed by atoms with Gasteiger partial charge in [0.2, 0.25) is 0 Å². The molecule has 0 N–H and O–H groups in total. The van der Waals surface area contributed by atoms with Crippen LogP contribution in [0.25, 0.3) is 0 Å². The first-order chi connectivity index (χ1) is 13.8. The molecule has 154 valence electrons. The number of imide groups is 1. The highest BCUT2D eigenvalue weighted by Crippen LogP contribution is 2.26. The van der Waals surface area contributed by atoms with Crippen LogP contribution in [-0.2, 0) is 27.2 Å². The van der Waals surface area contributed by atoms with E-state index in [9.17, 15) is 9.59 Å². The standard InChI is InChI=1S/C23H27NO5/c1-23(2,3)29-22(26)24-19(14-17-10-6-4-7-11-17)20(28-21(24)25)16-27-15-18-12-8-5-9-13-18/h4-13,19-20H,14-16H2,1-3H3/t19-,20+/m0/s1. The first-order valence-electron chi connectivity index (χ1n) is 9.72. The largest absolute Gasteiger partial charge is 0.443 e.